The van der Waals surface area contributed by atoms with Gasteiger partial charge in [0.2, 0.25) is 0 Å². The van der Waals surface area contributed by atoms with Gasteiger partial charge in [0.15, 0.2) is 18.8 Å². The quantitative estimate of drug-likeness (QED) is 0.259. The van der Waals surface area contributed by atoms with Crippen LogP contribution in [0.4, 0.5) is 0 Å². The van der Waals surface area contributed by atoms with Gasteiger partial charge in [0, 0.05) is 47.8 Å². The molecule has 2 nitrogen and oxygen atoms in total. The predicted molar refractivity (Wildman–Crippen MR) is 149 cm³/mol. The summed E-state index contributed by atoms with van der Waals surface area (Å²) < 4.78 is 2.58. The van der Waals surface area contributed by atoms with E-state index in [4.69, 9.17) is 0 Å². The van der Waals surface area contributed by atoms with Crippen molar-refractivity contribution in [2.75, 3.05) is 0 Å². The minimum atomic E-state index is 0.360. The van der Waals surface area contributed by atoms with E-state index < -0.39 is 0 Å². The summed E-state index contributed by atoms with van der Waals surface area (Å²) in [5.41, 5.74) is 11.4. The lowest BCUT2D eigenvalue weighted by molar-refractivity contribution is -0.583. The first-order chi connectivity index (χ1) is 17.8. The van der Waals surface area contributed by atoms with Crippen LogP contribution in [0, 0.1) is 0 Å². The second-order valence-corrected chi connectivity index (χ2v) is 10.2. The van der Waals surface area contributed by atoms with Gasteiger partial charge in [-0.1, -0.05) is 105 Å². The summed E-state index contributed by atoms with van der Waals surface area (Å²) in [5.74, 6) is 0. The molecule has 0 fully saturated rings. The first kappa shape index (κ1) is 22.9. The van der Waals surface area contributed by atoms with E-state index in [9.17, 15) is 0 Å². The molecule has 0 aromatic heterocycles. The van der Waals surface area contributed by atoms with Crippen LogP contribution in [0.2, 0.25) is 0 Å². The maximum absolute atomic E-state index is 2.69. The Labute approximate surface area is 215 Å². The SMILES string of the molecule is CC[C@@H](c1ccccc1)N1Cc2cccc3c2-c2c(cccc2C[N+]([C@@H](CC)c2ccccc2)=C3)C1. The maximum Gasteiger partial charge on any atom is 0.178 e. The molecule has 0 spiro atoms. The topological polar surface area (TPSA) is 6.25 Å². The summed E-state index contributed by atoms with van der Waals surface area (Å²) in [4.78, 5) is 2.69. The third-order valence-electron chi connectivity index (χ3n) is 8.06. The van der Waals surface area contributed by atoms with Gasteiger partial charge in [-0.05, 0) is 34.7 Å². The molecule has 4 aromatic carbocycles. The molecule has 2 aliphatic heterocycles. The van der Waals surface area contributed by atoms with Gasteiger partial charge in [-0.3, -0.25) is 4.90 Å². The molecule has 0 aliphatic carbocycles. The lowest BCUT2D eigenvalue weighted by Gasteiger charge is -2.31. The van der Waals surface area contributed by atoms with Gasteiger partial charge in [0.05, 0.1) is 0 Å². The molecule has 0 N–H and O–H groups in total. The van der Waals surface area contributed by atoms with Crippen LogP contribution in [0.5, 0.6) is 0 Å². The number of nitrogens with zero attached hydrogens (tertiary/aromatic N) is 2. The summed E-state index contributed by atoms with van der Waals surface area (Å²) in [7, 11) is 0. The number of hydrogen-bond acceptors (Lipinski definition) is 1. The van der Waals surface area contributed by atoms with Gasteiger partial charge < -0.3 is 0 Å². The Morgan fingerprint density at radius 3 is 1.92 bits per heavy atom. The monoisotopic (exact) mass is 471 g/mol. The molecular weight excluding hydrogens is 436 g/mol. The standard InChI is InChI=1S/C34H35N2/c1-3-31(25-13-7-5-8-14-25)35-21-27-17-11-19-29-23-36(32(4-2)26-15-9-6-10-16-26)24-30-20-12-18-28(22-35)34(30)33(27)29/h5-21,31-32H,3-4,22-24H2,1-2H3/q+1/t31-,32-/m0/s1. The third-order valence-corrected chi connectivity index (χ3v) is 8.06. The molecule has 0 unspecified atom stereocenters. The smallest absolute Gasteiger partial charge is 0.178 e. The Bertz CT molecular complexity index is 1390. The fourth-order valence-electron chi connectivity index (χ4n) is 6.45. The molecule has 4 aromatic rings. The highest BCUT2D eigenvalue weighted by Gasteiger charge is 2.32. The Morgan fingerprint density at radius 1 is 0.639 bits per heavy atom. The predicted octanol–water partition coefficient (Wildman–Crippen LogP) is 7.92. The summed E-state index contributed by atoms with van der Waals surface area (Å²) in [6.07, 6.45) is 4.62. The largest absolute Gasteiger partial charge is 0.288 e. The normalized spacial score (nSPS) is 16.3. The van der Waals surface area contributed by atoms with Crippen molar-refractivity contribution < 1.29 is 4.58 Å². The Balaban J connectivity index is 1.49. The van der Waals surface area contributed by atoms with Gasteiger partial charge in [0.25, 0.3) is 0 Å². The zero-order chi connectivity index (χ0) is 24.5. The molecule has 0 bridgehead atoms. The highest BCUT2D eigenvalue weighted by atomic mass is 15.2. The zero-order valence-electron chi connectivity index (χ0n) is 21.4. The molecule has 2 aliphatic rings. The third kappa shape index (κ3) is 4.10. The Hall–Kier alpha value is -3.49. The summed E-state index contributed by atoms with van der Waals surface area (Å²) >= 11 is 0. The summed E-state index contributed by atoms with van der Waals surface area (Å²) in [6, 6.07) is 36.7. The zero-order valence-corrected chi connectivity index (χ0v) is 21.4. The van der Waals surface area contributed by atoms with E-state index in [1.807, 2.05) is 0 Å². The number of benzene rings is 4. The van der Waals surface area contributed by atoms with E-state index in [2.05, 4.69) is 127 Å². The summed E-state index contributed by atoms with van der Waals surface area (Å²) in [6.45, 7) is 7.50. The summed E-state index contributed by atoms with van der Waals surface area (Å²) in [5, 5.41) is 0. The molecule has 2 heterocycles. The van der Waals surface area contributed by atoms with E-state index in [-0.39, 0.29) is 0 Å². The fraction of sp³-hybridized carbons (Fsp3) is 0.265. The van der Waals surface area contributed by atoms with Gasteiger partial charge in [-0.15, -0.1) is 0 Å². The molecule has 2 atom stereocenters. The molecular formula is C34H35N2+. The molecule has 180 valence electrons. The van der Waals surface area contributed by atoms with E-state index in [1.54, 1.807) is 0 Å². The lowest BCUT2D eigenvalue weighted by Crippen LogP contribution is -2.27. The van der Waals surface area contributed by atoms with Crippen molar-refractivity contribution in [2.45, 2.75) is 58.4 Å². The van der Waals surface area contributed by atoms with Crippen LogP contribution in [-0.4, -0.2) is 15.7 Å². The molecule has 0 radical (unpaired) electrons. The van der Waals surface area contributed by atoms with Gasteiger partial charge in [-0.2, -0.15) is 0 Å². The van der Waals surface area contributed by atoms with Crippen molar-refractivity contribution in [3.05, 3.63) is 130 Å². The molecule has 36 heavy (non-hydrogen) atoms. The second-order valence-electron chi connectivity index (χ2n) is 10.2. The maximum atomic E-state index is 2.69. The molecule has 2 heteroatoms. The van der Waals surface area contributed by atoms with Crippen LogP contribution >= 0.6 is 0 Å². The van der Waals surface area contributed by atoms with Crippen LogP contribution in [0.1, 0.15) is 72.2 Å². The first-order valence-corrected chi connectivity index (χ1v) is 13.4. The minimum Gasteiger partial charge on any atom is -0.288 e. The van der Waals surface area contributed by atoms with Crippen LogP contribution < -0.4 is 0 Å². The lowest BCUT2D eigenvalue weighted by atomic mass is 9.90. The first-order valence-electron chi connectivity index (χ1n) is 13.4. The molecule has 0 saturated heterocycles. The van der Waals surface area contributed by atoms with Crippen molar-refractivity contribution in [2.24, 2.45) is 0 Å². The van der Waals surface area contributed by atoms with Crippen molar-refractivity contribution in [3.63, 3.8) is 0 Å². The molecule has 0 saturated carbocycles. The second kappa shape index (κ2) is 9.87. The fourth-order valence-corrected chi connectivity index (χ4v) is 6.45. The molecule has 6 rings (SSSR count). The van der Waals surface area contributed by atoms with Crippen LogP contribution in [0.15, 0.2) is 97.1 Å². The Morgan fingerprint density at radius 2 is 1.25 bits per heavy atom. The van der Waals surface area contributed by atoms with Crippen LogP contribution in [0.25, 0.3) is 11.1 Å². The average molecular weight is 472 g/mol. The number of hydrogen-bond donors (Lipinski definition) is 0. The molecule has 0 amide bonds. The van der Waals surface area contributed by atoms with Crippen molar-refractivity contribution in [1.82, 2.24) is 4.90 Å². The van der Waals surface area contributed by atoms with Gasteiger partial charge in [0.1, 0.15) is 0 Å². The van der Waals surface area contributed by atoms with Gasteiger partial charge in [-0.25, -0.2) is 4.58 Å². The van der Waals surface area contributed by atoms with Gasteiger partial charge >= 0.3 is 0 Å². The van der Waals surface area contributed by atoms with E-state index >= 15 is 0 Å². The van der Waals surface area contributed by atoms with Crippen molar-refractivity contribution >= 4 is 6.21 Å². The average Bonchev–Trinajstić information content (AvgIpc) is 3.20. The van der Waals surface area contributed by atoms with E-state index in [1.165, 1.54) is 44.5 Å². The van der Waals surface area contributed by atoms with Crippen molar-refractivity contribution in [1.29, 1.82) is 0 Å². The van der Waals surface area contributed by atoms with Crippen molar-refractivity contribution in [3.8, 4) is 11.1 Å². The Kier molecular flexibility index (Phi) is 6.29. The highest BCUT2D eigenvalue weighted by Crippen LogP contribution is 2.42. The van der Waals surface area contributed by atoms with E-state index in [0.717, 1.165) is 32.5 Å². The van der Waals surface area contributed by atoms with Crippen LogP contribution in [-0.2, 0) is 19.6 Å². The highest BCUT2D eigenvalue weighted by molar-refractivity contribution is 5.92. The van der Waals surface area contributed by atoms with Crippen LogP contribution in [0.3, 0.4) is 0 Å². The number of rotatable bonds is 6. The van der Waals surface area contributed by atoms with E-state index in [0.29, 0.717) is 12.1 Å². The minimum absolute atomic E-state index is 0.360.